The Morgan fingerprint density at radius 1 is 1.32 bits per heavy atom. The topological polar surface area (TPSA) is 46.3 Å². The van der Waals surface area contributed by atoms with Crippen LogP contribution in [0.15, 0.2) is 24.3 Å². The molecule has 1 atom stereocenters. The van der Waals surface area contributed by atoms with Gasteiger partial charge < -0.3 is 10.6 Å². The van der Waals surface area contributed by atoms with Crippen molar-refractivity contribution in [2.45, 2.75) is 38.6 Å². The number of rotatable bonds is 7. The Kier molecular flexibility index (Phi) is 6.89. The number of carbonyl (C=O) groups excluding carboxylic acids is 1. The third-order valence-electron chi connectivity index (χ3n) is 3.42. The summed E-state index contributed by atoms with van der Waals surface area (Å²) in [6.07, 6.45) is 3.47. The molecule has 2 N–H and O–H groups in total. The summed E-state index contributed by atoms with van der Waals surface area (Å²) in [5.74, 6) is 0.157. The molecular weight excluding hydrogens is 260 g/mol. The minimum absolute atomic E-state index is 0.00397. The number of unbranched alkanes of at least 4 members (excludes halogenated alkanes) is 2. The average molecular weight is 283 g/mol. The lowest BCUT2D eigenvalue weighted by Gasteiger charge is -2.26. The number of hydrogen-bond acceptors (Lipinski definition) is 2. The van der Waals surface area contributed by atoms with Crippen molar-refractivity contribution in [1.82, 2.24) is 4.90 Å². The van der Waals surface area contributed by atoms with Crippen LogP contribution in [0.3, 0.4) is 0 Å². The molecule has 106 valence electrons. The highest BCUT2D eigenvalue weighted by atomic mass is 35.5. The molecule has 0 aromatic heterocycles. The highest BCUT2D eigenvalue weighted by Crippen LogP contribution is 2.26. The highest BCUT2D eigenvalue weighted by Gasteiger charge is 2.18. The first kappa shape index (κ1) is 16.0. The first-order chi connectivity index (χ1) is 9.07. The minimum atomic E-state index is -0.00397. The van der Waals surface area contributed by atoms with E-state index in [0.717, 1.165) is 24.8 Å². The van der Waals surface area contributed by atoms with Crippen molar-refractivity contribution in [1.29, 1.82) is 0 Å². The second kappa shape index (κ2) is 8.18. The Labute approximate surface area is 120 Å². The molecule has 19 heavy (non-hydrogen) atoms. The maximum atomic E-state index is 12.1. The molecule has 4 heteroatoms. The van der Waals surface area contributed by atoms with Crippen LogP contribution in [0.1, 0.15) is 44.2 Å². The molecule has 1 aromatic rings. The van der Waals surface area contributed by atoms with E-state index in [4.69, 9.17) is 17.3 Å². The van der Waals surface area contributed by atoms with E-state index in [1.807, 2.05) is 38.2 Å². The third-order valence-corrected chi connectivity index (χ3v) is 3.77. The molecule has 0 fully saturated rings. The van der Waals surface area contributed by atoms with Crippen LogP contribution in [0.25, 0.3) is 0 Å². The van der Waals surface area contributed by atoms with E-state index in [2.05, 4.69) is 0 Å². The fourth-order valence-corrected chi connectivity index (χ4v) is 2.31. The van der Waals surface area contributed by atoms with Gasteiger partial charge in [0.05, 0.1) is 6.04 Å². The van der Waals surface area contributed by atoms with Gasteiger partial charge in [-0.2, -0.15) is 0 Å². The zero-order valence-electron chi connectivity index (χ0n) is 11.7. The molecule has 0 bridgehead atoms. The molecule has 0 aliphatic carbocycles. The highest BCUT2D eigenvalue weighted by molar-refractivity contribution is 6.31. The summed E-state index contributed by atoms with van der Waals surface area (Å²) in [6.45, 7) is 2.69. The van der Waals surface area contributed by atoms with E-state index in [1.54, 1.807) is 4.90 Å². The second-order valence-corrected chi connectivity index (χ2v) is 5.21. The monoisotopic (exact) mass is 282 g/mol. The number of carbonyl (C=O) groups is 1. The van der Waals surface area contributed by atoms with Gasteiger partial charge in [-0.05, 0) is 37.9 Å². The maximum Gasteiger partial charge on any atom is 0.222 e. The van der Waals surface area contributed by atoms with E-state index in [9.17, 15) is 4.79 Å². The first-order valence-electron chi connectivity index (χ1n) is 6.78. The van der Waals surface area contributed by atoms with Crippen molar-refractivity contribution in [3.63, 3.8) is 0 Å². The Morgan fingerprint density at radius 2 is 2.00 bits per heavy atom. The molecule has 0 saturated carbocycles. The Balaban J connectivity index is 2.54. The first-order valence-corrected chi connectivity index (χ1v) is 7.16. The van der Waals surface area contributed by atoms with Crippen molar-refractivity contribution in [2.24, 2.45) is 5.73 Å². The molecule has 1 unspecified atom stereocenters. The van der Waals surface area contributed by atoms with E-state index in [0.29, 0.717) is 18.0 Å². The summed E-state index contributed by atoms with van der Waals surface area (Å²) < 4.78 is 0. The van der Waals surface area contributed by atoms with Crippen LogP contribution in [0.2, 0.25) is 5.02 Å². The lowest BCUT2D eigenvalue weighted by Crippen LogP contribution is -2.29. The molecule has 1 rings (SSSR count). The van der Waals surface area contributed by atoms with Gasteiger partial charge >= 0.3 is 0 Å². The number of benzene rings is 1. The van der Waals surface area contributed by atoms with E-state index in [-0.39, 0.29) is 11.9 Å². The molecule has 0 spiro atoms. The number of amides is 1. The quantitative estimate of drug-likeness (QED) is 0.779. The molecule has 0 aliphatic heterocycles. The van der Waals surface area contributed by atoms with Crippen LogP contribution >= 0.6 is 11.6 Å². The largest absolute Gasteiger partial charge is 0.339 e. The Morgan fingerprint density at radius 3 is 2.63 bits per heavy atom. The summed E-state index contributed by atoms with van der Waals surface area (Å²) in [5, 5.41) is 0.706. The summed E-state index contributed by atoms with van der Waals surface area (Å²) in [7, 11) is 1.83. The molecular formula is C15H23ClN2O. The normalized spacial score (nSPS) is 12.2. The maximum absolute atomic E-state index is 12.1. The smallest absolute Gasteiger partial charge is 0.222 e. The van der Waals surface area contributed by atoms with Crippen LogP contribution in [0, 0.1) is 0 Å². The van der Waals surface area contributed by atoms with Gasteiger partial charge in [0.1, 0.15) is 0 Å². The summed E-state index contributed by atoms with van der Waals surface area (Å²) in [6, 6.07) is 7.65. The van der Waals surface area contributed by atoms with Gasteiger partial charge in [0, 0.05) is 18.5 Å². The molecule has 0 aliphatic rings. The minimum Gasteiger partial charge on any atom is -0.339 e. The van der Waals surface area contributed by atoms with Crippen molar-refractivity contribution in [3.05, 3.63) is 34.9 Å². The molecule has 0 saturated heterocycles. The van der Waals surface area contributed by atoms with Crippen LogP contribution in [0.5, 0.6) is 0 Å². The van der Waals surface area contributed by atoms with Gasteiger partial charge in [0.2, 0.25) is 5.91 Å². The molecule has 0 radical (unpaired) electrons. The Bertz CT molecular complexity index is 409. The summed E-state index contributed by atoms with van der Waals surface area (Å²) in [4.78, 5) is 13.9. The zero-order chi connectivity index (χ0) is 14.3. The van der Waals surface area contributed by atoms with Crippen LogP contribution < -0.4 is 5.73 Å². The van der Waals surface area contributed by atoms with Crippen molar-refractivity contribution in [2.75, 3.05) is 13.6 Å². The van der Waals surface area contributed by atoms with E-state index < -0.39 is 0 Å². The molecule has 3 nitrogen and oxygen atoms in total. The third kappa shape index (κ3) is 4.84. The van der Waals surface area contributed by atoms with Gasteiger partial charge in [-0.15, -0.1) is 0 Å². The fourth-order valence-electron chi connectivity index (χ4n) is 2.01. The van der Waals surface area contributed by atoms with Gasteiger partial charge in [0.15, 0.2) is 0 Å². The summed E-state index contributed by atoms with van der Waals surface area (Å²) in [5.41, 5.74) is 6.42. The standard InChI is InChI=1S/C15H23ClN2O/c1-12(13-8-5-6-9-14(13)16)18(2)15(19)10-4-3-7-11-17/h5-6,8-9,12H,3-4,7,10-11,17H2,1-2H3. The van der Waals surface area contributed by atoms with Gasteiger partial charge in [-0.1, -0.05) is 36.2 Å². The van der Waals surface area contributed by atoms with E-state index >= 15 is 0 Å². The van der Waals surface area contributed by atoms with Crippen LogP contribution in [0.4, 0.5) is 0 Å². The van der Waals surface area contributed by atoms with Crippen LogP contribution in [-0.4, -0.2) is 24.4 Å². The number of hydrogen-bond donors (Lipinski definition) is 1. The number of nitrogens with zero attached hydrogens (tertiary/aromatic N) is 1. The SMILES string of the molecule is CC(c1ccccc1Cl)N(C)C(=O)CCCCCN. The van der Waals surface area contributed by atoms with Gasteiger partial charge in [0.25, 0.3) is 0 Å². The fraction of sp³-hybridized carbons (Fsp3) is 0.533. The van der Waals surface area contributed by atoms with Crippen LogP contribution in [-0.2, 0) is 4.79 Å². The Hall–Kier alpha value is -1.06. The molecule has 1 aromatic carbocycles. The number of nitrogens with two attached hydrogens (primary N) is 1. The lowest BCUT2D eigenvalue weighted by atomic mass is 10.1. The summed E-state index contributed by atoms with van der Waals surface area (Å²) >= 11 is 6.16. The van der Waals surface area contributed by atoms with Crippen molar-refractivity contribution < 1.29 is 4.79 Å². The number of halogens is 1. The predicted octanol–water partition coefficient (Wildman–Crippen LogP) is 3.38. The van der Waals surface area contributed by atoms with Crippen molar-refractivity contribution in [3.8, 4) is 0 Å². The second-order valence-electron chi connectivity index (χ2n) is 4.80. The van der Waals surface area contributed by atoms with E-state index in [1.165, 1.54) is 0 Å². The molecule has 1 amide bonds. The van der Waals surface area contributed by atoms with Gasteiger partial charge in [-0.25, -0.2) is 0 Å². The predicted molar refractivity (Wildman–Crippen MR) is 80.2 cm³/mol. The zero-order valence-corrected chi connectivity index (χ0v) is 12.5. The van der Waals surface area contributed by atoms with Crippen molar-refractivity contribution >= 4 is 17.5 Å². The average Bonchev–Trinajstić information content (AvgIpc) is 2.42. The lowest BCUT2D eigenvalue weighted by molar-refractivity contribution is -0.131. The van der Waals surface area contributed by atoms with Gasteiger partial charge in [-0.3, -0.25) is 4.79 Å². The molecule has 0 heterocycles.